The first-order valence-corrected chi connectivity index (χ1v) is 6.55. The fourth-order valence-electron chi connectivity index (χ4n) is 2.30. The van der Waals surface area contributed by atoms with E-state index in [1.807, 2.05) is 42.5 Å². The normalized spacial score (nSPS) is 10.7. The fraction of sp³-hybridized carbons (Fsp3) is 0. The van der Waals surface area contributed by atoms with Gasteiger partial charge in [0.1, 0.15) is 0 Å². The van der Waals surface area contributed by atoms with E-state index >= 15 is 0 Å². The van der Waals surface area contributed by atoms with Crippen molar-refractivity contribution >= 4 is 28.3 Å². The van der Waals surface area contributed by atoms with Crippen LogP contribution in [0.4, 0.5) is 0 Å². The quantitative estimate of drug-likeness (QED) is 0.729. The molecule has 0 saturated carbocycles. The van der Waals surface area contributed by atoms with Gasteiger partial charge in [-0.15, -0.1) is 0 Å². The van der Waals surface area contributed by atoms with Gasteiger partial charge in [-0.2, -0.15) is 0 Å². The third-order valence-electron chi connectivity index (χ3n) is 3.27. The maximum Gasteiger partial charge on any atom is 0.336 e. The van der Waals surface area contributed by atoms with E-state index in [4.69, 9.17) is 11.6 Å². The van der Waals surface area contributed by atoms with Gasteiger partial charge in [0.2, 0.25) is 0 Å². The molecule has 98 valence electrons. The second kappa shape index (κ2) is 4.99. The summed E-state index contributed by atoms with van der Waals surface area (Å²) >= 11 is 5.88. The number of carbonyl (C=O) groups is 1. The Morgan fingerprint density at radius 2 is 1.65 bits per heavy atom. The molecule has 0 radical (unpaired) electrons. The molecule has 1 N–H and O–H groups in total. The van der Waals surface area contributed by atoms with Crippen molar-refractivity contribution in [2.24, 2.45) is 0 Å². The Morgan fingerprint density at radius 3 is 2.40 bits per heavy atom. The number of hydrogen-bond donors (Lipinski definition) is 1. The summed E-state index contributed by atoms with van der Waals surface area (Å²) in [5.41, 5.74) is 1.76. The first-order valence-electron chi connectivity index (χ1n) is 6.17. The number of rotatable bonds is 2. The monoisotopic (exact) mass is 282 g/mol. The highest BCUT2D eigenvalue weighted by Crippen LogP contribution is 2.29. The SMILES string of the molecule is O=C(O)c1cc(Cl)ccc1-c1ccc2ccccc2c1. The second-order valence-corrected chi connectivity index (χ2v) is 4.99. The molecular formula is C17H11ClO2. The molecule has 3 aromatic rings. The average Bonchev–Trinajstić information content (AvgIpc) is 2.46. The lowest BCUT2D eigenvalue weighted by Crippen LogP contribution is -1.99. The van der Waals surface area contributed by atoms with E-state index in [2.05, 4.69) is 0 Å². The van der Waals surface area contributed by atoms with Crippen LogP contribution in [-0.2, 0) is 0 Å². The molecule has 0 aliphatic carbocycles. The van der Waals surface area contributed by atoms with Gasteiger partial charge in [0, 0.05) is 5.02 Å². The smallest absolute Gasteiger partial charge is 0.336 e. The van der Waals surface area contributed by atoms with Crippen LogP contribution in [0.2, 0.25) is 5.02 Å². The van der Waals surface area contributed by atoms with Crippen molar-refractivity contribution in [2.75, 3.05) is 0 Å². The topological polar surface area (TPSA) is 37.3 Å². The second-order valence-electron chi connectivity index (χ2n) is 4.56. The van der Waals surface area contributed by atoms with Crippen LogP contribution in [-0.4, -0.2) is 11.1 Å². The van der Waals surface area contributed by atoms with E-state index in [0.29, 0.717) is 10.6 Å². The lowest BCUT2D eigenvalue weighted by atomic mass is 9.97. The highest BCUT2D eigenvalue weighted by molar-refractivity contribution is 6.31. The first kappa shape index (κ1) is 12.7. The third kappa shape index (κ3) is 2.26. The summed E-state index contributed by atoms with van der Waals surface area (Å²) in [6.07, 6.45) is 0. The number of benzene rings is 3. The molecule has 0 atom stereocenters. The van der Waals surface area contributed by atoms with Crippen LogP contribution in [0.25, 0.3) is 21.9 Å². The Hall–Kier alpha value is -2.32. The van der Waals surface area contributed by atoms with Gasteiger partial charge < -0.3 is 5.11 Å². The van der Waals surface area contributed by atoms with E-state index < -0.39 is 5.97 Å². The molecular weight excluding hydrogens is 272 g/mol. The highest BCUT2D eigenvalue weighted by atomic mass is 35.5. The molecule has 3 heteroatoms. The highest BCUT2D eigenvalue weighted by Gasteiger charge is 2.12. The first-order chi connectivity index (χ1) is 9.65. The minimum Gasteiger partial charge on any atom is -0.478 e. The summed E-state index contributed by atoms with van der Waals surface area (Å²) in [7, 11) is 0. The van der Waals surface area contributed by atoms with Crippen LogP contribution in [0, 0.1) is 0 Å². The largest absolute Gasteiger partial charge is 0.478 e. The summed E-state index contributed by atoms with van der Waals surface area (Å²) in [4.78, 5) is 11.4. The van der Waals surface area contributed by atoms with Crippen LogP contribution in [0.1, 0.15) is 10.4 Å². The van der Waals surface area contributed by atoms with E-state index in [1.54, 1.807) is 12.1 Å². The van der Waals surface area contributed by atoms with E-state index in [9.17, 15) is 9.90 Å². The van der Waals surface area contributed by atoms with Crippen molar-refractivity contribution in [3.63, 3.8) is 0 Å². The molecule has 0 aliphatic rings. The Kier molecular flexibility index (Phi) is 3.17. The fourth-order valence-corrected chi connectivity index (χ4v) is 2.47. The summed E-state index contributed by atoms with van der Waals surface area (Å²) in [5, 5.41) is 11.9. The number of carboxylic acids is 1. The molecule has 0 aromatic heterocycles. The Bertz CT molecular complexity index is 809. The molecule has 0 bridgehead atoms. The lowest BCUT2D eigenvalue weighted by molar-refractivity contribution is 0.0697. The predicted molar refractivity (Wildman–Crippen MR) is 81.4 cm³/mol. The van der Waals surface area contributed by atoms with E-state index in [-0.39, 0.29) is 5.56 Å². The summed E-state index contributed by atoms with van der Waals surface area (Å²) in [6, 6.07) is 18.8. The molecule has 0 fully saturated rings. The molecule has 0 heterocycles. The standard InChI is InChI=1S/C17H11ClO2/c18-14-7-8-15(16(10-14)17(19)20)13-6-5-11-3-1-2-4-12(11)9-13/h1-10H,(H,19,20). The number of carboxylic acid groups (broad SMARTS) is 1. The number of fused-ring (bicyclic) bond motifs is 1. The molecule has 3 rings (SSSR count). The van der Waals surface area contributed by atoms with Crippen molar-refractivity contribution < 1.29 is 9.90 Å². The van der Waals surface area contributed by atoms with Gasteiger partial charge in [0.15, 0.2) is 0 Å². The number of halogens is 1. The Labute approximate surface area is 121 Å². The molecule has 3 aromatic carbocycles. The Morgan fingerprint density at radius 1 is 0.900 bits per heavy atom. The van der Waals surface area contributed by atoms with Crippen molar-refractivity contribution in [3.8, 4) is 11.1 Å². The van der Waals surface area contributed by atoms with Gasteiger partial charge in [-0.05, 0) is 40.1 Å². The maximum absolute atomic E-state index is 11.4. The maximum atomic E-state index is 11.4. The minimum absolute atomic E-state index is 0.216. The molecule has 20 heavy (non-hydrogen) atoms. The van der Waals surface area contributed by atoms with Crippen LogP contribution in [0.15, 0.2) is 60.7 Å². The van der Waals surface area contributed by atoms with Crippen LogP contribution in [0.5, 0.6) is 0 Å². The molecule has 2 nitrogen and oxygen atoms in total. The van der Waals surface area contributed by atoms with Gasteiger partial charge in [-0.3, -0.25) is 0 Å². The molecule has 0 amide bonds. The summed E-state index contributed by atoms with van der Waals surface area (Å²) in [6.45, 7) is 0. The molecule has 0 unspecified atom stereocenters. The van der Waals surface area contributed by atoms with Crippen molar-refractivity contribution in [2.45, 2.75) is 0 Å². The van der Waals surface area contributed by atoms with Crippen LogP contribution in [0.3, 0.4) is 0 Å². The predicted octanol–water partition coefficient (Wildman–Crippen LogP) is 4.86. The van der Waals surface area contributed by atoms with Crippen molar-refractivity contribution in [3.05, 3.63) is 71.2 Å². The number of aromatic carboxylic acids is 1. The Balaban J connectivity index is 2.22. The van der Waals surface area contributed by atoms with E-state index in [1.165, 1.54) is 6.07 Å². The van der Waals surface area contributed by atoms with E-state index in [0.717, 1.165) is 16.3 Å². The van der Waals surface area contributed by atoms with Gasteiger partial charge in [0.05, 0.1) is 5.56 Å². The molecule has 0 saturated heterocycles. The van der Waals surface area contributed by atoms with Crippen LogP contribution < -0.4 is 0 Å². The van der Waals surface area contributed by atoms with Crippen molar-refractivity contribution in [1.29, 1.82) is 0 Å². The van der Waals surface area contributed by atoms with Gasteiger partial charge in [-0.25, -0.2) is 4.79 Å². The number of hydrogen-bond acceptors (Lipinski definition) is 1. The zero-order chi connectivity index (χ0) is 14.1. The summed E-state index contributed by atoms with van der Waals surface area (Å²) in [5.74, 6) is -0.976. The summed E-state index contributed by atoms with van der Waals surface area (Å²) < 4.78 is 0. The van der Waals surface area contributed by atoms with Gasteiger partial charge in [-0.1, -0.05) is 54.1 Å². The van der Waals surface area contributed by atoms with Gasteiger partial charge >= 0.3 is 5.97 Å². The third-order valence-corrected chi connectivity index (χ3v) is 3.51. The zero-order valence-corrected chi connectivity index (χ0v) is 11.3. The average molecular weight is 283 g/mol. The molecule has 0 aliphatic heterocycles. The molecule has 0 spiro atoms. The lowest BCUT2D eigenvalue weighted by Gasteiger charge is -2.08. The minimum atomic E-state index is -0.976. The van der Waals surface area contributed by atoms with Gasteiger partial charge in [0.25, 0.3) is 0 Å². The zero-order valence-electron chi connectivity index (χ0n) is 10.5. The van der Waals surface area contributed by atoms with Crippen LogP contribution >= 0.6 is 11.6 Å². The van der Waals surface area contributed by atoms with Crippen molar-refractivity contribution in [1.82, 2.24) is 0 Å².